The number of tetrazole rings is 1. The lowest BCUT2D eigenvalue weighted by molar-refractivity contribution is 0.190. The summed E-state index contributed by atoms with van der Waals surface area (Å²) in [6.45, 7) is 3.16. The van der Waals surface area contributed by atoms with Crippen LogP contribution in [0.3, 0.4) is 0 Å². The van der Waals surface area contributed by atoms with Crippen molar-refractivity contribution < 1.29 is 0 Å². The third-order valence-corrected chi connectivity index (χ3v) is 8.05. The molecule has 1 aliphatic rings. The summed E-state index contributed by atoms with van der Waals surface area (Å²) in [4.78, 5) is 19.2. The normalized spacial score (nSPS) is 14.8. The fraction of sp³-hybridized carbons (Fsp3) is 0.290. The summed E-state index contributed by atoms with van der Waals surface area (Å²) in [5, 5.41) is 14.8. The fourth-order valence-electron chi connectivity index (χ4n) is 5.74. The standard InChI is InChI=1S/C31H31ClN6O/c1-21-15-16-28-24(17-21)18-26(31(39)33-28)29(30-34-35-36-38(30)25-12-6-7-13-25)37(19-22-9-3-2-4-10-22)20-23-11-5-8-14-27(23)32/h2-5,8-11,14-18,25,29H,6-7,12-13,19-20H2,1H3,(H,33,39)/t29-/m0/s1. The van der Waals surface area contributed by atoms with E-state index in [9.17, 15) is 4.79 Å². The van der Waals surface area contributed by atoms with Gasteiger partial charge in [0.05, 0.1) is 6.04 Å². The number of nitrogens with one attached hydrogen (secondary N) is 1. The highest BCUT2D eigenvalue weighted by Crippen LogP contribution is 2.35. The average Bonchev–Trinajstić information content (AvgIpc) is 3.64. The lowest BCUT2D eigenvalue weighted by Crippen LogP contribution is -2.35. The Labute approximate surface area is 232 Å². The molecule has 1 atom stereocenters. The molecule has 39 heavy (non-hydrogen) atoms. The molecule has 1 saturated carbocycles. The van der Waals surface area contributed by atoms with Gasteiger partial charge in [-0.15, -0.1) is 5.10 Å². The Morgan fingerprint density at radius 2 is 1.77 bits per heavy atom. The number of pyridine rings is 1. The van der Waals surface area contributed by atoms with Gasteiger partial charge in [0.15, 0.2) is 5.82 Å². The summed E-state index contributed by atoms with van der Waals surface area (Å²) in [5.41, 5.74) is 4.52. The summed E-state index contributed by atoms with van der Waals surface area (Å²) in [7, 11) is 0. The number of benzene rings is 3. The second-order valence-electron chi connectivity index (χ2n) is 10.4. The van der Waals surface area contributed by atoms with Gasteiger partial charge in [0.1, 0.15) is 6.04 Å². The zero-order valence-corrected chi connectivity index (χ0v) is 22.7. The molecule has 0 saturated heterocycles. The summed E-state index contributed by atoms with van der Waals surface area (Å²) >= 11 is 6.67. The van der Waals surface area contributed by atoms with E-state index in [4.69, 9.17) is 11.6 Å². The van der Waals surface area contributed by atoms with Gasteiger partial charge in [0.2, 0.25) is 0 Å². The average molecular weight is 539 g/mol. The second kappa shape index (κ2) is 11.1. The molecule has 1 aliphatic carbocycles. The predicted molar refractivity (Wildman–Crippen MR) is 154 cm³/mol. The van der Waals surface area contributed by atoms with Crippen LogP contribution in [0.4, 0.5) is 0 Å². The molecular weight excluding hydrogens is 508 g/mol. The minimum atomic E-state index is -0.495. The molecule has 3 aromatic carbocycles. The molecule has 2 aromatic heterocycles. The Balaban J connectivity index is 1.55. The minimum absolute atomic E-state index is 0.144. The maximum absolute atomic E-state index is 13.8. The number of aromatic amines is 1. The van der Waals surface area contributed by atoms with Gasteiger partial charge in [-0.25, -0.2) is 4.68 Å². The zero-order valence-electron chi connectivity index (χ0n) is 21.9. The van der Waals surface area contributed by atoms with Gasteiger partial charge in [0.25, 0.3) is 5.56 Å². The molecule has 7 nitrogen and oxygen atoms in total. The first-order valence-electron chi connectivity index (χ1n) is 13.5. The number of H-pyrrole nitrogens is 1. The molecule has 6 rings (SSSR count). The minimum Gasteiger partial charge on any atom is -0.322 e. The number of halogens is 1. The Bertz CT molecular complexity index is 1640. The van der Waals surface area contributed by atoms with E-state index < -0.39 is 6.04 Å². The molecule has 5 aromatic rings. The van der Waals surface area contributed by atoms with Gasteiger partial charge in [-0.1, -0.05) is 84.6 Å². The number of rotatable bonds is 8. The summed E-state index contributed by atoms with van der Waals surface area (Å²) in [6.07, 6.45) is 4.36. The van der Waals surface area contributed by atoms with Gasteiger partial charge < -0.3 is 4.98 Å². The van der Waals surface area contributed by atoms with E-state index in [1.54, 1.807) is 0 Å². The number of aromatic nitrogens is 5. The highest BCUT2D eigenvalue weighted by molar-refractivity contribution is 6.31. The molecule has 1 fully saturated rings. The lowest BCUT2D eigenvalue weighted by atomic mass is 10.0. The van der Waals surface area contributed by atoms with E-state index >= 15 is 0 Å². The third-order valence-electron chi connectivity index (χ3n) is 7.68. The van der Waals surface area contributed by atoms with Crippen LogP contribution in [-0.4, -0.2) is 30.1 Å². The summed E-state index contributed by atoms with van der Waals surface area (Å²) < 4.78 is 1.96. The van der Waals surface area contributed by atoms with Gasteiger partial charge in [-0.05, 0) is 71.0 Å². The molecule has 0 bridgehead atoms. The van der Waals surface area contributed by atoms with E-state index in [0.717, 1.165) is 53.3 Å². The van der Waals surface area contributed by atoms with Crippen LogP contribution >= 0.6 is 11.6 Å². The molecule has 8 heteroatoms. The molecule has 2 heterocycles. The van der Waals surface area contributed by atoms with Crippen molar-refractivity contribution in [2.45, 2.75) is 57.8 Å². The highest BCUT2D eigenvalue weighted by Gasteiger charge is 2.33. The highest BCUT2D eigenvalue weighted by atomic mass is 35.5. The van der Waals surface area contributed by atoms with Crippen LogP contribution in [0.25, 0.3) is 10.9 Å². The van der Waals surface area contributed by atoms with Crippen LogP contribution in [0.15, 0.2) is 83.7 Å². The van der Waals surface area contributed by atoms with Crippen molar-refractivity contribution in [1.29, 1.82) is 0 Å². The van der Waals surface area contributed by atoms with E-state index in [1.165, 1.54) is 0 Å². The first-order valence-corrected chi connectivity index (χ1v) is 13.9. The van der Waals surface area contributed by atoms with Crippen molar-refractivity contribution in [3.8, 4) is 0 Å². The molecule has 0 unspecified atom stereocenters. The Hall–Kier alpha value is -3.81. The smallest absolute Gasteiger partial charge is 0.253 e. The Morgan fingerprint density at radius 3 is 2.56 bits per heavy atom. The number of nitrogens with zero attached hydrogens (tertiary/aromatic N) is 5. The second-order valence-corrected chi connectivity index (χ2v) is 10.9. The monoisotopic (exact) mass is 538 g/mol. The van der Waals surface area contributed by atoms with Gasteiger partial charge in [0, 0.05) is 29.2 Å². The van der Waals surface area contributed by atoms with Crippen LogP contribution < -0.4 is 5.56 Å². The Morgan fingerprint density at radius 1 is 1.00 bits per heavy atom. The van der Waals surface area contributed by atoms with Crippen molar-refractivity contribution in [2.75, 3.05) is 0 Å². The summed E-state index contributed by atoms with van der Waals surface area (Å²) in [6, 6.07) is 25.9. The quantitative estimate of drug-likeness (QED) is 0.248. The maximum atomic E-state index is 13.8. The summed E-state index contributed by atoms with van der Waals surface area (Å²) in [5.74, 6) is 0.683. The molecule has 0 spiro atoms. The maximum Gasteiger partial charge on any atom is 0.253 e. The van der Waals surface area contributed by atoms with Crippen molar-refractivity contribution in [2.24, 2.45) is 0 Å². The lowest BCUT2D eigenvalue weighted by Gasteiger charge is -2.32. The van der Waals surface area contributed by atoms with Crippen LogP contribution in [0.2, 0.25) is 5.02 Å². The van der Waals surface area contributed by atoms with Gasteiger partial charge in [-0.3, -0.25) is 9.69 Å². The van der Waals surface area contributed by atoms with E-state index in [1.807, 2.05) is 65.3 Å². The molecule has 0 amide bonds. The first kappa shape index (κ1) is 25.5. The van der Waals surface area contributed by atoms with Crippen molar-refractivity contribution >= 4 is 22.5 Å². The van der Waals surface area contributed by atoms with Crippen molar-refractivity contribution in [3.05, 3.63) is 122 Å². The van der Waals surface area contributed by atoms with Crippen LogP contribution in [0.5, 0.6) is 0 Å². The molecule has 0 radical (unpaired) electrons. The molecule has 0 aliphatic heterocycles. The van der Waals surface area contributed by atoms with E-state index in [-0.39, 0.29) is 11.6 Å². The van der Waals surface area contributed by atoms with E-state index in [2.05, 4.69) is 50.5 Å². The number of hydrogen-bond donors (Lipinski definition) is 1. The SMILES string of the molecule is Cc1ccc2[nH]c(=O)c([C@@H](c3nnnn3C3CCCC3)N(Cc3ccccc3)Cc3ccccc3Cl)cc2c1. The van der Waals surface area contributed by atoms with E-state index in [0.29, 0.717) is 29.5 Å². The number of fused-ring (bicyclic) bond motifs is 1. The van der Waals surface area contributed by atoms with Gasteiger partial charge in [-0.2, -0.15) is 0 Å². The number of hydrogen-bond acceptors (Lipinski definition) is 5. The fourth-order valence-corrected chi connectivity index (χ4v) is 5.93. The molecule has 198 valence electrons. The van der Waals surface area contributed by atoms with Crippen LogP contribution in [-0.2, 0) is 13.1 Å². The predicted octanol–water partition coefficient (Wildman–Crippen LogP) is 6.38. The van der Waals surface area contributed by atoms with Gasteiger partial charge >= 0.3 is 0 Å². The Kier molecular flexibility index (Phi) is 7.26. The zero-order chi connectivity index (χ0) is 26.8. The largest absolute Gasteiger partial charge is 0.322 e. The van der Waals surface area contributed by atoms with Crippen LogP contribution in [0.1, 0.15) is 65.8 Å². The number of aryl methyl sites for hydroxylation is 1. The topological polar surface area (TPSA) is 79.7 Å². The van der Waals surface area contributed by atoms with Crippen LogP contribution in [0, 0.1) is 6.92 Å². The first-order chi connectivity index (χ1) is 19.1. The van der Waals surface area contributed by atoms with Crippen molar-refractivity contribution in [1.82, 2.24) is 30.1 Å². The van der Waals surface area contributed by atoms with Crippen molar-refractivity contribution in [3.63, 3.8) is 0 Å². The molecular formula is C31H31ClN6O. The molecule has 1 N–H and O–H groups in total. The third kappa shape index (κ3) is 5.37.